The van der Waals surface area contributed by atoms with E-state index in [0.717, 1.165) is 19.4 Å². The maximum Gasteiger partial charge on any atom is 0.312 e. The average molecular weight is 295 g/mol. The Labute approximate surface area is 121 Å². The number of nitrogens with two attached hydrogens (primary N) is 1. The van der Waals surface area contributed by atoms with Gasteiger partial charge in [0.15, 0.2) is 0 Å². The molecular formula is C12H27ClN4O2. The Morgan fingerprint density at radius 2 is 1.89 bits per heavy atom. The number of hydrogen-bond acceptors (Lipinski definition) is 3. The summed E-state index contributed by atoms with van der Waals surface area (Å²) in [6, 6.07) is -0.985. The molecule has 1 unspecified atom stereocenters. The molecule has 2 atom stereocenters. The van der Waals surface area contributed by atoms with Crippen molar-refractivity contribution >= 4 is 24.3 Å². The first-order valence-electron chi connectivity index (χ1n) is 6.58. The maximum absolute atomic E-state index is 11.9. The highest BCUT2D eigenvalue weighted by molar-refractivity contribution is 5.86. The molecule has 0 aromatic carbocycles. The van der Waals surface area contributed by atoms with Gasteiger partial charge in [0.1, 0.15) is 6.04 Å². The van der Waals surface area contributed by atoms with Crippen molar-refractivity contribution in [3.05, 3.63) is 0 Å². The van der Waals surface area contributed by atoms with Gasteiger partial charge >= 0.3 is 6.03 Å². The SMILES string of the molecule is CCCCC(NC(N)=O)C(=O)NC[C@@H](C)NCC.Cl. The molecule has 0 saturated heterocycles. The molecule has 0 spiro atoms. The third-order valence-corrected chi connectivity index (χ3v) is 2.61. The Hall–Kier alpha value is -1.01. The Morgan fingerprint density at radius 3 is 2.37 bits per heavy atom. The number of nitrogens with one attached hydrogen (secondary N) is 3. The number of carbonyl (C=O) groups excluding carboxylic acids is 2. The molecule has 7 heteroatoms. The zero-order chi connectivity index (χ0) is 14.0. The van der Waals surface area contributed by atoms with Gasteiger partial charge in [-0.1, -0.05) is 26.7 Å². The van der Waals surface area contributed by atoms with E-state index in [1.54, 1.807) is 0 Å². The minimum atomic E-state index is -0.661. The van der Waals surface area contributed by atoms with E-state index in [4.69, 9.17) is 5.73 Å². The maximum atomic E-state index is 11.9. The van der Waals surface area contributed by atoms with Crippen LogP contribution in [0.5, 0.6) is 0 Å². The Morgan fingerprint density at radius 1 is 1.26 bits per heavy atom. The van der Waals surface area contributed by atoms with Crippen LogP contribution in [-0.4, -0.2) is 37.1 Å². The van der Waals surface area contributed by atoms with Crippen molar-refractivity contribution in [3.63, 3.8) is 0 Å². The molecule has 0 bridgehead atoms. The second kappa shape index (κ2) is 12.0. The van der Waals surface area contributed by atoms with Crippen LogP contribution in [0.2, 0.25) is 0 Å². The Kier molecular flexibility index (Phi) is 12.9. The van der Waals surface area contributed by atoms with Gasteiger partial charge in [-0.05, 0) is 19.9 Å². The molecule has 3 amide bonds. The molecule has 0 heterocycles. The van der Waals surface area contributed by atoms with Crippen LogP contribution in [0.4, 0.5) is 4.79 Å². The highest BCUT2D eigenvalue weighted by Crippen LogP contribution is 2.00. The van der Waals surface area contributed by atoms with Crippen molar-refractivity contribution in [3.8, 4) is 0 Å². The number of likely N-dealkylation sites (N-methyl/N-ethyl adjacent to an activating group) is 1. The molecule has 5 N–H and O–H groups in total. The lowest BCUT2D eigenvalue weighted by Crippen LogP contribution is -2.50. The zero-order valence-electron chi connectivity index (χ0n) is 12.0. The molecule has 6 nitrogen and oxygen atoms in total. The van der Waals surface area contributed by atoms with Crippen molar-refractivity contribution < 1.29 is 9.59 Å². The Balaban J connectivity index is 0. The average Bonchev–Trinajstić information content (AvgIpc) is 2.31. The molecule has 0 saturated carbocycles. The monoisotopic (exact) mass is 294 g/mol. The van der Waals surface area contributed by atoms with Crippen LogP contribution in [-0.2, 0) is 4.79 Å². The summed E-state index contributed by atoms with van der Waals surface area (Å²) in [6.45, 7) is 7.43. The first-order valence-corrected chi connectivity index (χ1v) is 6.58. The molecule has 0 aliphatic heterocycles. The number of rotatable bonds is 9. The fourth-order valence-corrected chi connectivity index (χ4v) is 1.65. The predicted octanol–water partition coefficient (Wildman–Crippen LogP) is 0.750. The van der Waals surface area contributed by atoms with Crippen molar-refractivity contribution in [1.29, 1.82) is 0 Å². The quantitative estimate of drug-likeness (QED) is 0.505. The topological polar surface area (TPSA) is 96.2 Å². The van der Waals surface area contributed by atoms with Gasteiger partial charge in [0.2, 0.25) is 5.91 Å². The van der Waals surface area contributed by atoms with E-state index in [9.17, 15) is 9.59 Å². The number of amides is 3. The molecule has 0 rings (SSSR count). The van der Waals surface area contributed by atoms with Crippen molar-refractivity contribution in [2.45, 2.75) is 52.1 Å². The van der Waals surface area contributed by atoms with Gasteiger partial charge in [0.25, 0.3) is 0 Å². The van der Waals surface area contributed by atoms with Gasteiger partial charge in [0, 0.05) is 12.6 Å². The van der Waals surface area contributed by atoms with E-state index in [1.807, 2.05) is 20.8 Å². The molecule has 0 aromatic heterocycles. The summed E-state index contributed by atoms with van der Waals surface area (Å²) < 4.78 is 0. The van der Waals surface area contributed by atoms with Crippen LogP contribution in [0.1, 0.15) is 40.0 Å². The molecule has 0 aliphatic rings. The second-order valence-corrected chi connectivity index (χ2v) is 4.41. The summed E-state index contributed by atoms with van der Waals surface area (Å²) in [6.07, 6.45) is 2.46. The lowest BCUT2D eigenvalue weighted by Gasteiger charge is -2.19. The third kappa shape index (κ3) is 10.6. The van der Waals surface area contributed by atoms with Gasteiger partial charge < -0.3 is 21.7 Å². The fourth-order valence-electron chi connectivity index (χ4n) is 1.65. The fraction of sp³-hybridized carbons (Fsp3) is 0.833. The predicted molar refractivity (Wildman–Crippen MR) is 79.4 cm³/mol. The van der Waals surface area contributed by atoms with Crippen molar-refractivity contribution in [2.24, 2.45) is 5.73 Å². The highest BCUT2D eigenvalue weighted by atomic mass is 35.5. The molecular weight excluding hydrogens is 268 g/mol. The van der Waals surface area contributed by atoms with Crippen LogP contribution in [0, 0.1) is 0 Å². The number of carbonyl (C=O) groups is 2. The number of halogens is 1. The zero-order valence-corrected chi connectivity index (χ0v) is 12.8. The minimum Gasteiger partial charge on any atom is -0.353 e. The van der Waals surface area contributed by atoms with Gasteiger partial charge in [-0.3, -0.25) is 4.79 Å². The highest BCUT2D eigenvalue weighted by Gasteiger charge is 2.19. The van der Waals surface area contributed by atoms with Crippen LogP contribution in [0.25, 0.3) is 0 Å². The van der Waals surface area contributed by atoms with Gasteiger partial charge in [0.05, 0.1) is 0 Å². The lowest BCUT2D eigenvalue weighted by molar-refractivity contribution is -0.123. The first-order chi connectivity index (χ1) is 8.51. The standard InChI is InChI=1S/C12H26N4O2.ClH/c1-4-6-7-10(16-12(13)18)11(17)15-8-9(3)14-5-2;/h9-10,14H,4-8H2,1-3H3,(H,15,17)(H3,13,16,18);1H/t9-,10?;/m1./s1. The normalized spacial score (nSPS) is 13.0. The van der Waals surface area contributed by atoms with Gasteiger partial charge in [-0.25, -0.2) is 4.79 Å². The van der Waals surface area contributed by atoms with Crippen molar-refractivity contribution in [2.75, 3.05) is 13.1 Å². The first kappa shape index (κ1) is 20.3. The lowest BCUT2D eigenvalue weighted by atomic mass is 10.1. The van der Waals surface area contributed by atoms with Crippen LogP contribution in [0.15, 0.2) is 0 Å². The largest absolute Gasteiger partial charge is 0.353 e. The molecule has 19 heavy (non-hydrogen) atoms. The number of urea groups is 1. The number of primary amides is 1. The van der Waals surface area contributed by atoms with E-state index in [2.05, 4.69) is 16.0 Å². The third-order valence-electron chi connectivity index (χ3n) is 2.61. The van der Waals surface area contributed by atoms with E-state index in [-0.39, 0.29) is 24.4 Å². The summed E-state index contributed by atoms with van der Waals surface area (Å²) in [7, 11) is 0. The summed E-state index contributed by atoms with van der Waals surface area (Å²) in [5, 5.41) is 8.48. The second-order valence-electron chi connectivity index (χ2n) is 4.41. The minimum absolute atomic E-state index is 0. The summed E-state index contributed by atoms with van der Waals surface area (Å²) in [5.74, 6) is -0.174. The molecule has 114 valence electrons. The van der Waals surface area contributed by atoms with Crippen LogP contribution >= 0.6 is 12.4 Å². The van der Waals surface area contributed by atoms with Gasteiger partial charge in [-0.15, -0.1) is 12.4 Å². The Bertz CT molecular complexity index is 264. The van der Waals surface area contributed by atoms with Gasteiger partial charge in [-0.2, -0.15) is 0 Å². The van der Waals surface area contributed by atoms with E-state index in [0.29, 0.717) is 13.0 Å². The van der Waals surface area contributed by atoms with E-state index < -0.39 is 12.1 Å². The number of hydrogen-bond donors (Lipinski definition) is 4. The van der Waals surface area contributed by atoms with Crippen LogP contribution in [0.3, 0.4) is 0 Å². The summed E-state index contributed by atoms with van der Waals surface area (Å²) in [5.41, 5.74) is 5.06. The molecule has 0 aliphatic carbocycles. The smallest absolute Gasteiger partial charge is 0.312 e. The summed E-state index contributed by atoms with van der Waals surface area (Å²) >= 11 is 0. The number of unbranched alkanes of at least 4 members (excludes halogenated alkanes) is 1. The van der Waals surface area contributed by atoms with E-state index >= 15 is 0 Å². The van der Waals surface area contributed by atoms with Crippen LogP contribution < -0.4 is 21.7 Å². The molecule has 0 radical (unpaired) electrons. The molecule has 0 aromatic rings. The van der Waals surface area contributed by atoms with E-state index in [1.165, 1.54) is 0 Å². The summed E-state index contributed by atoms with van der Waals surface area (Å²) in [4.78, 5) is 22.7. The molecule has 0 fully saturated rings. The van der Waals surface area contributed by atoms with Crippen molar-refractivity contribution in [1.82, 2.24) is 16.0 Å².